The molecule has 6 heteroatoms. The van der Waals surface area contributed by atoms with Gasteiger partial charge in [-0.25, -0.2) is 0 Å². The van der Waals surface area contributed by atoms with E-state index in [1.54, 1.807) is 24.3 Å². The number of amides is 1. The van der Waals surface area contributed by atoms with Crippen LogP contribution in [0.5, 0.6) is 0 Å². The van der Waals surface area contributed by atoms with Crippen LogP contribution in [0.3, 0.4) is 0 Å². The molecule has 0 saturated heterocycles. The maximum absolute atomic E-state index is 12.5. The highest BCUT2D eigenvalue weighted by atomic mass is 32.2. The quantitative estimate of drug-likeness (QED) is 0.823. The molecule has 3 rings (SSSR count). The Bertz CT molecular complexity index is 538. The fourth-order valence-corrected chi connectivity index (χ4v) is 4.55. The molecule has 0 heterocycles. The molecule has 2 bridgehead atoms. The molecule has 2 aliphatic rings. The van der Waals surface area contributed by atoms with E-state index in [1.165, 1.54) is 6.42 Å². The summed E-state index contributed by atoms with van der Waals surface area (Å²) in [6, 6.07) is 6.83. The number of hydrogen-bond acceptors (Lipinski definition) is 3. The van der Waals surface area contributed by atoms with Crippen molar-refractivity contribution in [3.63, 3.8) is 0 Å². The minimum Gasteiger partial charge on any atom is -0.349 e. The van der Waals surface area contributed by atoms with Crippen LogP contribution in [0.2, 0.25) is 0 Å². The van der Waals surface area contributed by atoms with E-state index in [0.29, 0.717) is 34.1 Å². The van der Waals surface area contributed by atoms with Crippen LogP contribution in [0.25, 0.3) is 0 Å². The van der Waals surface area contributed by atoms with Gasteiger partial charge in [-0.05, 0) is 61.8 Å². The van der Waals surface area contributed by atoms with Gasteiger partial charge in [0.25, 0.3) is 11.7 Å². The first-order valence-electron chi connectivity index (χ1n) is 8.14. The Morgan fingerprint density at radius 2 is 1.78 bits per heavy atom. The highest BCUT2D eigenvalue weighted by molar-refractivity contribution is 7.99. The summed E-state index contributed by atoms with van der Waals surface area (Å²) in [6.07, 6.45) is 5.42. The molecule has 0 aliphatic heterocycles. The van der Waals surface area contributed by atoms with Gasteiger partial charge in [-0.1, -0.05) is 18.2 Å². The Morgan fingerprint density at radius 1 is 1.17 bits per heavy atom. The first-order valence-corrected chi connectivity index (χ1v) is 9.02. The number of carbonyl (C=O) groups excluding carboxylic acids is 1. The van der Waals surface area contributed by atoms with Gasteiger partial charge in [-0.3, -0.25) is 4.79 Å². The van der Waals surface area contributed by atoms with E-state index in [-0.39, 0.29) is 18.0 Å². The van der Waals surface area contributed by atoms with Gasteiger partial charge in [-0.2, -0.15) is 8.78 Å². The smallest absolute Gasteiger partial charge is 0.288 e. The number of rotatable bonds is 4. The molecule has 1 amide bonds. The van der Waals surface area contributed by atoms with Gasteiger partial charge < -0.3 is 11.1 Å². The SMILES string of the molecule is NC1CC2CCCC(C1)C2NC(=O)c1ccc(SC(F)F)cc1. The van der Waals surface area contributed by atoms with E-state index < -0.39 is 5.76 Å². The Labute approximate surface area is 139 Å². The second-order valence-corrected chi connectivity index (χ2v) is 7.65. The van der Waals surface area contributed by atoms with Gasteiger partial charge in [0, 0.05) is 22.5 Å². The van der Waals surface area contributed by atoms with Crippen LogP contribution in [-0.4, -0.2) is 23.7 Å². The standard InChI is InChI=1S/C17H22F2N2OS/c18-17(19)23-14-6-4-10(5-7-14)16(22)21-15-11-2-1-3-12(15)9-13(20)8-11/h4-7,11-13,15,17H,1-3,8-9,20H2,(H,21,22). The minimum atomic E-state index is -2.44. The van der Waals surface area contributed by atoms with Gasteiger partial charge in [-0.15, -0.1) is 0 Å². The lowest BCUT2D eigenvalue weighted by Gasteiger charge is -2.45. The summed E-state index contributed by atoms with van der Waals surface area (Å²) in [7, 11) is 0. The van der Waals surface area contributed by atoms with Crippen molar-refractivity contribution in [1.82, 2.24) is 5.32 Å². The van der Waals surface area contributed by atoms with Crippen LogP contribution < -0.4 is 11.1 Å². The third kappa shape index (κ3) is 4.04. The Balaban J connectivity index is 1.64. The lowest BCUT2D eigenvalue weighted by molar-refractivity contribution is 0.0756. The van der Waals surface area contributed by atoms with Gasteiger partial charge in [0.15, 0.2) is 0 Å². The van der Waals surface area contributed by atoms with Gasteiger partial charge in [0.2, 0.25) is 0 Å². The lowest BCUT2D eigenvalue weighted by atomic mass is 9.67. The van der Waals surface area contributed by atoms with E-state index in [1.807, 2.05) is 0 Å². The molecular weight excluding hydrogens is 318 g/mol. The third-order valence-electron chi connectivity index (χ3n) is 5.02. The normalized spacial score (nSPS) is 30.3. The van der Waals surface area contributed by atoms with Crippen molar-refractivity contribution in [3.8, 4) is 0 Å². The van der Waals surface area contributed by atoms with Crippen molar-refractivity contribution in [2.24, 2.45) is 17.6 Å². The molecule has 0 radical (unpaired) electrons. The molecule has 2 saturated carbocycles. The molecule has 23 heavy (non-hydrogen) atoms. The summed E-state index contributed by atoms with van der Waals surface area (Å²) >= 11 is 0.489. The zero-order valence-electron chi connectivity index (χ0n) is 12.9. The van der Waals surface area contributed by atoms with Gasteiger partial charge in [0.05, 0.1) is 0 Å². The number of thioether (sulfide) groups is 1. The number of benzene rings is 1. The maximum Gasteiger partial charge on any atom is 0.288 e. The van der Waals surface area contributed by atoms with Crippen LogP contribution >= 0.6 is 11.8 Å². The van der Waals surface area contributed by atoms with Gasteiger partial charge in [0.1, 0.15) is 0 Å². The summed E-state index contributed by atoms with van der Waals surface area (Å²) in [4.78, 5) is 12.9. The van der Waals surface area contributed by atoms with Crippen molar-refractivity contribution in [2.75, 3.05) is 0 Å². The second-order valence-electron chi connectivity index (χ2n) is 6.58. The van der Waals surface area contributed by atoms with Crippen molar-refractivity contribution in [3.05, 3.63) is 29.8 Å². The van der Waals surface area contributed by atoms with Crippen molar-refractivity contribution in [1.29, 1.82) is 0 Å². The summed E-state index contributed by atoms with van der Waals surface area (Å²) in [5.74, 6) is -1.62. The molecule has 3 N–H and O–H groups in total. The summed E-state index contributed by atoms with van der Waals surface area (Å²) < 4.78 is 24.7. The van der Waals surface area contributed by atoms with Crippen LogP contribution in [0.4, 0.5) is 8.78 Å². The van der Waals surface area contributed by atoms with E-state index in [0.717, 1.165) is 25.7 Å². The molecule has 3 nitrogen and oxygen atoms in total. The number of carbonyl (C=O) groups is 1. The number of nitrogens with two attached hydrogens (primary N) is 1. The van der Waals surface area contributed by atoms with Crippen LogP contribution in [0.1, 0.15) is 42.5 Å². The maximum atomic E-state index is 12.5. The molecular formula is C17H22F2N2OS. The molecule has 1 aromatic carbocycles. The average molecular weight is 340 g/mol. The molecule has 2 fully saturated rings. The minimum absolute atomic E-state index is 0.115. The number of halogens is 2. The highest BCUT2D eigenvalue weighted by Crippen LogP contribution is 2.39. The van der Waals surface area contributed by atoms with Crippen molar-refractivity contribution in [2.45, 2.75) is 54.8 Å². The summed E-state index contributed by atoms with van der Waals surface area (Å²) in [5, 5.41) is 3.17. The summed E-state index contributed by atoms with van der Waals surface area (Å²) in [6.45, 7) is 0. The largest absolute Gasteiger partial charge is 0.349 e. The predicted octanol–water partition coefficient (Wildman–Crippen LogP) is 3.64. The zero-order valence-corrected chi connectivity index (χ0v) is 13.7. The number of hydrogen-bond donors (Lipinski definition) is 2. The van der Waals surface area contributed by atoms with Crippen molar-refractivity contribution >= 4 is 17.7 Å². The molecule has 1 aromatic rings. The molecule has 0 aromatic heterocycles. The third-order valence-corrected chi connectivity index (χ3v) is 5.74. The Kier molecular flexibility index (Phi) is 5.21. The molecule has 2 atom stereocenters. The number of alkyl halides is 2. The Hall–Kier alpha value is -1.14. The number of fused-ring (bicyclic) bond motifs is 2. The monoisotopic (exact) mass is 340 g/mol. The molecule has 2 unspecified atom stereocenters. The lowest BCUT2D eigenvalue weighted by Crippen LogP contribution is -2.53. The van der Waals surface area contributed by atoms with Crippen LogP contribution in [-0.2, 0) is 0 Å². The second kappa shape index (κ2) is 7.18. The molecule has 2 aliphatic carbocycles. The first-order chi connectivity index (χ1) is 11.0. The molecule has 0 spiro atoms. The van der Waals surface area contributed by atoms with Gasteiger partial charge >= 0.3 is 0 Å². The van der Waals surface area contributed by atoms with Crippen LogP contribution in [0, 0.1) is 11.8 Å². The Morgan fingerprint density at radius 3 is 2.35 bits per heavy atom. The van der Waals surface area contributed by atoms with E-state index >= 15 is 0 Å². The van der Waals surface area contributed by atoms with Crippen molar-refractivity contribution < 1.29 is 13.6 Å². The average Bonchev–Trinajstić information content (AvgIpc) is 2.48. The topological polar surface area (TPSA) is 55.1 Å². The number of nitrogens with one attached hydrogen (secondary N) is 1. The fraction of sp³-hybridized carbons (Fsp3) is 0.588. The summed E-state index contributed by atoms with van der Waals surface area (Å²) in [5.41, 5.74) is 6.63. The zero-order chi connectivity index (χ0) is 16.4. The van der Waals surface area contributed by atoms with E-state index in [2.05, 4.69) is 5.32 Å². The predicted molar refractivity (Wildman–Crippen MR) is 87.6 cm³/mol. The highest BCUT2D eigenvalue weighted by Gasteiger charge is 2.39. The first kappa shape index (κ1) is 16.7. The van der Waals surface area contributed by atoms with Crippen LogP contribution in [0.15, 0.2) is 29.2 Å². The molecule has 126 valence electrons. The fourth-order valence-electron chi connectivity index (χ4n) is 4.05. The van der Waals surface area contributed by atoms with E-state index in [9.17, 15) is 13.6 Å². The van der Waals surface area contributed by atoms with E-state index in [4.69, 9.17) is 5.73 Å².